The lowest BCUT2D eigenvalue weighted by molar-refractivity contribution is 0.443. The van der Waals surface area contributed by atoms with Crippen LogP contribution >= 0.6 is 0 Å². The molecule has 21 heavy (non-hydrogen) atoms. The van der Waals surface area contributed by atoms with Gasteiger partial charge >= 0.3 is 0 Å². The van der Waals surface area contributed by atoms with Crippen LogP contribution in [0.4, 0.5) is 0 Å². The maximum atomic E-state index is 12.4. The van der Waals surface area contributed by atoms with Gasteiger partial charge in [-0.15, -0.1) is 0 Å². The highest BCUT2D eigenvalue weighted by atomic mass is 32.2. The fourth-order valence-electron chi connectivity index (χ4n) is 2.96. The molecule has 0 spiro atoms. The van der Waals surface area contributed by atoms with Crippen molar-refractivity contribution in [2.24, 2.45) is 5.73 Å². The van der Waals surface area contributed by atoms with Crippen LogP contribution in [0.5, 0.6) is 0 Å². The van der Waals surface area contributed by atoms with E-state index in [1.54, 1.807) is 19.2 Å². The maximum absolute atomic E-state index is 12.4. The Labute approximate surface area is 128 Å². The first-order valence-electron chi connectivity index (χ1n) is 7.82. The molecule has 0 saturated heterocycles. The molecule has 0 amide bonds. The number of rotatable bonds is 6. The largest absolute Gasteiger partial charge is 0.330 e. The molecule has 1 aliphatic carbocycles. The minimum Gasteiger partial charge on any atom is -0.330 e. The predicted octanol–water partition coefficient (Wildman–Crippen LogP) is 2.70. The second-order valence-electron chi connectivity index (χ2n) is 5.87. The van der Waals surface area contributed by atoms with Crippen LogP contribution in [-0.2, 0) is 10.0 Å². The summed E-state index contributed by atoms with van der Waals surface area (Å²) in [5, 5.41) is 0. The molecular formula is C16H26N2O2S. The van der Waals surface area contributed by atoms with Gasteiger partial charge in [-0.25, -0.2) is 12.7 Å². The summed E-state index contributed by atoms with van der Waals surface area (Å²) in [5.41, 5.74) is 6.72. The monoisotopic (exact) mass is 310 g/mol. The van der Waals surface area contributed by atoms with E-state index in [-0.39, 0.29) is 0 Å². The smallest absolute Gasteiger partial charge is 0.242 e. The normalized spacial score (nSPS) is 17.3. The van der Waals surface area contributed by atoms with Crippen molar-refractivity contribution in [3.63, 3.8) is 0 Å². The van der Waals surface area contributed by atoms with E-state index in [4.69, 9.17) is 5.73 Å². The van der Waals surface area contributed by atoms with Crippen LogP contribution in [0.3, 0.4) is 0 Å². The Morgan fingerprint density at radius 1 is 1.14 bits per heavy atom. The minimum absolute atomic E-state index is 0.376. The summed E-state index contributed by atoms with van der Waals surface area (Å²) >= 11 is 0. The number of benzene rings is 1. The highest BCUT2D eigenvalue weighted by Crippen LogP contribution is 2.33. The molecule has 2 N–H and O–H groups in total. The molecule has 0 atom stereocenters. The first-order chi connectivity index (χ1) is 10.1. The first kappa shape index (κ1) is 16.5. The molecule has 0 bridgehead atoms. The highest BCUT2D eigenvalue weighted by molar-refractivity contribution is 7.89. The molecule has 1 aromatic rings. The molecule has 0 unspecified atom stereocenters. The lowest BCUT2D eigenvalue weighted by Gasteiger charge is -2.22. The first-order valence-corrected chi connectivity index (χ1v) is 9.26. The maximum Gasteiger partial charge on any atom is 0.242 e. The molecule has 0 aromatic heterocycles. The summed E-state index contributed by atoms with van der Waals surface area (Å²) in [6, 6.07) is 7.47. The second-order valence-corrected chi connectivity index (χ2v) is 7.92. The third-order valence-corrected chi connectivity index (χ3v) is 6.21. The van der Waals surface area contributed by atoms with Crippen LogP contribution in [-0.4, -0.2) is 32.9 Å². The van der Waals surface area contributed by atoms with Crippen LogP contribution < -0.4 is 5.73 Å². The van der Waals surface area contributed by atoms with Crippen molar-refractivity contribution in [3.8, 4) is 0 Å². The second kappa shape index (κ2) is 7.38. The van der Waals surface area contributed by atoms with Crippen LogP contribution in [0.2, 0.25) is 0 Å². The zero-order valence-corrected chi connectivity index (χ0v) is 13.6. The Morgan fingerprint density at radius 2 is 1.76 bits per heavy atom. The Kier molecular flexibility index (Phi) is 5.79. The van der Waals surface area contributed by atoms with Gasteiger partial charge < -0.3 is 5.73 Å². The van der Waals surface area contributed by atoms with Crippen molar-refractivity contribution in [2.45, 2.75) is 49.3 Å². The number of nitrogens with two attached hydrogens (primary N) is 1. The molecule has 4 nitrogen and oxygen atoms in total. The van der Waals surface area contributed by atoms with Crippen LogP contribution in [0, 0.1) is 0 Å². The molecule has 1 aliphatic rings. The van der Waals surface area contributed by atoms with E-state index in [1.165, 1.54) is 42.0 Å². The molecule has 1 fully saturated rings. The van der Waals surface area contributed by atoms with Gasteiger partial charge in [0.15, 0.2) is 0 Å². The SMILES string of the molecule is CN(CCCN)S(=O)(=O)c1ccc(C2CCCCC2)cc1. The molecule has 0 heterocycles. The Bertz CT molecular complexity index is 534. The van der Waals surface area contributed by atoms with Gasteiger partial charge in [-0.3, -0.25) is 0 Å². The predicted molar refractivity (Wildman–Crippen MR) is 85.8 cm³/mol. The highest BCUT2D eigenvalue weighted by Gasteiger charge is 2.21. The fourth-order valence-corrected chi connectivity index (χ4v) is 4.17. The van der Waals surface area contributed by atoms with Gasteiger partial charge in [-0.2, -0.15) is 0 Å². The van der Waals surface area contributed by atoms with Gasteiger partial charge in [-0.05, 0) is 49.4 Å². The quantitative estimate of drug-likeness (QED) is 0.878. The van der Waals surface area contributed by atoms with Gasteiger partial charge in [0, 0.05) is 13.6 Å². The number of sulfonamides is 1. The molecular weight excluding hydrogens is 284 g/mol. The van der Waals surface area contributed by atoms with E-state index >= 15 is 0 Å². The van der Waals surface area contributed by atoms with Crippen LogP contribution in [0.1, 0.15) is 50.0 Å². The standard InChI is InChI=1S/C16H26N2O2S/c1-18(13-5-12-17)21(19,20)16-10-8-15(9-11-16)14-6-3-2-4-7-14/h8-11,14H,2-7,12-13,17H2,1H3. The van der Waals surface area contributed by atoms with E-state index in [0.717, 1.165) is 0 Å². The average molecular weight is 310 g/mol. The number of hydrogen-bond donors (Lipinski definition) is 1. The molecule has 1 saturated carbocycles. The zero-order chi connectivity index (χ0) is 15.3. The van der Waals surface area contributed by atoms with Crippen LogP contribution in [0.25, 0.3) is 0 Å². The molecule has 2 rings (SSSR count). The van der Waals surface area contributed by atoms with Crippen molar-refractivity contribution in [2.75, 3.05) is 20.1 Å². The Morgan fingerprint density at radius 3 is 2.33 bits per heavy atom. The van der Waals surface area contributed by atoms with E-state index in [1.807, 2.05) is 12.1 Å². The summed E-state index contributed by atoms with van der Waals surface area (Å²) in [6.45, 7) is 0.962. The minimum atomic E-state index is -3.38. The van der Waals surface area contributed by atoms with Gasteiger partial charge in [0.2, 0.25) is 10.0 Å². The summed E-state index contributed by atoms with van der Waals surface area (Å²) in [7, 11) is -1.77. The molecule has 1 aromatic carbocycles. The lowest BCUT2D eigenvalue weighted by atomic mass is 9.84. The van der Waals surface area contributed by atoms with Crippen molar-refractivity contribution >= 4 is 10.0 Å². The third kappa shape index (κ3) is 4.05. The van der Waals surface area contributed by atoms with Gasteiger partial charge in [0.25, 0.3) is 0 Å². The lowest BCUT2D eigenvalue weighted by Crippen LogP contribution is -2.29. The van der Waals surface area contributed by atoms with E-state index in [9.17, 15) is 8.42 Å². The molecule has 118 valence electrons. The zero-order valence-electron chi connectivity index (χ0n) is 12.8. The van der Waals surface area contributed by atoms with Crippen LogP contribution in [0.15, 0.2) is 29.2 Å². The van der Waals surface area contributed by atoms with Gasteiger partial charge in [0.1, 0.15) is 0 Å². The van der Waals surface area contributed by atoms with Gasteiger partial charge in [0.05, 0.1) is 4.90 Å². The average Bonchev–Trinajstić information content (AvgIpc) is 2.53. The topological polar surface area (TPSA) is 63.4 Å². The van der Waals surface area contributed by atoms with E-state index in [2.05, 4.69) is 0 Å². The Balaban J connectivity index is 2.10. The van der Waals surface area contributed by atoms with Crippen molar-refractivity contribution in [3.05, 3.63) is 29.8 Å². The molecule has 5 heteroatoms. The Hall–Kier alpha value is -0.910. The van der Waals surface area contributed by atoms with Gasteiger partial charge in [-0.1, -0.05) is 31.4 Å². The van der Waals surface area contributed by atoms with Crippen molar-refractivity contribution < 1.29 is 8.42 Å². The van der Waals surface area contributed by atoms with Crippen molar-refractivity contribution in [1.82, 2.24) is 4.31 Å². The van der Waals surface area contributed by atoms with E-state index < -0.39 is 10.0 Å². The number of hydrogen-bond acceptors (Lipinski definition) is 3. The number of nitrogens with zero attached hydrogens (tertiary/aromatic N) is 1. The van der Waals surface area contributed by atoms with Crippen molar-refractivity contribution in [1.29, 1.82) is 0 Å². The third-order valence-electron chi connectivity index (χ3n) is 4.34. The summed E-state index contributed by atoms with van der Waals surface area (Å²) < 4.78 is 26.2. The summed E-state index contributed by atoms with van der Waals surface area (Å²) in [5.74, 6) is 0.602. The molecule has 0 radical (unpaired) electrons. The summed E-state index contributed by atoms with van der Waals surface area (Å²) in [6.07, 6.45) is 7.02. The van der Waals surface area contributed by atoms with E-state index in [0.29, 0.717) is 30.3 Å². The summed E-state index contributed by atoms with van der Waals surface area (Å²) in [4.78, 5) is 0.376. The molecule has 0 aliphatic heterocycles. The fraction of sp³-hybridized carbons (Fsp3) is 0.625.